The van der Waals surface area contributed by atoms with Crippen LogP contribution in [-0.4, -0.2) is 0 Å². The van der Waals surface area contributed by atoms with Crippen LogP contribution in [0.15, 0.2) is 18.2 Å². The van der Waals surface area contributed by atoms with Gasteiger partial charge in [0.2, 0.25) is 0 Å². The van der Waals surface area contributed by atoms with Crippen molar-refractivity contribution >= 4 is 22.5 Å². The number of benzene rings is 1. The average Bonchev–Trinajstić information content (AvgIpc) is 1.95. The molecular formula is C7H9FP2. The van der Waals surface area contributed by atoms with E-state index in [2.05, 4.69) is 8.93 Å². The van der Waals surface area contributed by atoms with E-state index >= 15 is 0 Å². The lowest BCUT2D eigenvalue weighted by molar-refractivity contribution is 0.620. The van der Waals surface area contributed by atoms with E-state index in [4.69, 9.17) is 0 Å². The van der Waals surface area contributed by atoms with Crippen molar-refractivity contribution in [3.8, 4) is 0 Å². The van der Waals surface area contributed by atoms with Gasteiger partial charge in [-0.05, 0) is 23.9 Å². The fourth-order valence-electron chi connectivity index (χ4n) is 0.683. The van der Waals surface area contributed by atoms with Gasteiger partial charge in [-0.3, -0.25) is 0 Å². The normalized spacial score (nSPS) is 11.1. The lowest BCUT2D eigenvalue weighted by atomic mass is 10.2. The van der Waals surface area contributed by atoms with Gasteiger partial charge in [0, 0.05) is 0 Å². The molecular weight excluding hydrogens is 165 g/mol. The first-order valence-electron chi connectivity index (χ1n) is 2.97. The van der Waals surface area contributed by atoms with Crippen LogP contribution in [0.3, 0.4) is 0 Å². The fourth-order valence-corrected chi connectivity index (χ4v) is 1.61. The van der Waals surface area contributed by atoms with Gasteiger partial charge in [-0.2, -0.15) is 0 Å². The molecule has 0 aliphatic rings. The van der Waals surface area contributed by atoms with Crippen LogP contribution >= 0.6 is 17.2 Å². The molecule has 0 spiro atoms. The van der Waals surface area contributed by atoms with Gasteiger partial charge >= 0.3 is 0 Å². The predicted octanol–water partition coefficient (Wildman–Crippen LogP) is 2.23. The maximum Gasteiger partial charge on any atom is 0.126 e. The second kappa shape index (κ2) is 3.42. The number of hydrogen-bond acceptors (Lipinski definition) is 0. The van der Waals surface area contributed by atoms with Gasteiger partial charge in [0.25, 0.3) is 0 Å². The van der Waals surface area contributed by atoms with Gasteiger partial charge < -0.3 is 0 Å². The molecule has 1 aromatic rings. The van der Waals surface area contributed by atoms with Gasteiger partial charge in [0.1, 0.15) is 5.82 Å². The summed E-state index contributed by atoms with van der Waals surface area (Å²) in [4.78, 5) is 0. The van der Waals surface area contributed by atoms with Crippen molar-refractivity contribution in [2.75, 3.05) is 0 Å². The molecule has 1 rings (SSSR count). The van der Waals surface area contributed by atoms with E-state index in [1.165, 1.54) is 0 Å². The van der Waals surface area contributed by atoms with E-state index in [-0.39, 0.29) is 5.82 Å². The van der Waals surface area contributed by atoms with Gasteiger partial charge in [-0.25, -0.2) is 4.39 Å². The molecule has 0 radical (unpaired) electrons. The predicted molar refractivity (Wildman–Crippen MR) is 48.8 cm³/mol. The SMILES string of the molecule is Cc1ccc(PP)cc1F. The Morgan fingerprint density at radius 1 is 1.50 bits per heavy atom. The summed E-state index contributed by atoms with van der Waals surface area (Å²) < 4.78 is 12.8. The maximum atomic E-state index is 12.8. The van der Waals surface area contributed by atoms with Crippen LogP contribution < -0.4 is 5.30 Å². The number of rotatable bonds is 1. The van der Waals surface area contributed by atoms with E-state index < -0.39 is 0 Å². The fraction of sp³-hybridized carbons (Fsp3) is 0.143. The third kappa shape index (κ3) is 1.75. The van der Waals surface area contributed by atoms with Crippen molar-refractivity contribution in [3.63, 3.8) is 0 Å². The molecule has 0 amide bonds. The standard InChI is InChI=1S/C7H9FP2/c1-5-2-3-6(10-9)4-7(5)8/h2-4,10H,9H2,1H3. The topological polar surface area (TPSA) is 0 Å². The lowest BCUT2D eigenvalue weighted by Crippen LogP contribution is -1.94. The van der Waals surface area contributed by atoms with E-state index in [1.807, 2.05) is 12.1 Å². The molecule has 0 N–H and O–H groups in total. The molecule has 3 heteroatoms. The minimum atomic E-state index is -0.104. The molecule has 0 nitrogen and oxygen atoms in total. The second-order valence-corrected chi connectivity index (χ2v) is 3.84. The first-order valence-corrected chi connectivity index (χ1v) is 5.78. The summed E-state index contributed by atoms with van der Waals surface area (Å²) in [6.45, 7) is 1.77. The molecule has 0 saturated carbocycles. The van der Waals surface area contributed by atoms with Gasteiger partial charge in [0.15, 0.2) is 0 Å². The zero-order valence-electron chi connectivity index (χ0n) is 5.69. The lowest BCUT2D eigenvalue weighted by Gasteiger charge is -1.98. The summed E-state index contributed by atoms with van der Waals surface area (Å²) >= 11 is 0. The Bertz CT molecular complexity index is 235. The summed E-state index contributed by atoms with van der Waals surface area (Å²) in [5.41, 5.74) is 0.715. The number of halogens is 1. The molecule has 0 heterocycles. The molecule has 0 bridgehead atoms. The Labute approximate surface area is 64.1 Å². The van der Waals surface area contributed by atoms with Crippen LogP contribution in [0.5, 0.6) is 0 Å². The van der Waals surface area contributed by atoms with Crippen LogP contribution in [0, 0.1) is 12.7 Å². The van der Waals surface area contributed by atoms with Crippen LogP contribution in [-0.2, 0) is 0 Å². The van der Waals surface area contributed by atoms with Crippen molar-refractivity contribution < 1.29 is 4.39 Å². The Hall–Kier alpha value is 0.01000. The monoisotopic (exact) mass is 174 g/mol. The summed E-state index contributed by atoms with van der Waals surface area (Å²) in [6.07, 6.45) is 0. The first kappa shape index (κ1) is 8.11. The highest BCUT2D eigenvalue weighted by molar-refractivity contribution is 8.06. The second-order valence-electron chi connectivity index (χ2n) is 2.11. The Morgan fingerprint density at radius 3 is 2.70 bits per heavy atom. The summed E-state index contributed by atoms with van der Waals surface area (Å²) in [7, 11) is 3.19. The third-order valence-electron chi connectivity index (χ3n) is 1.34. The van der Waals surface area contributed by atoms with Crippen LogP contribution in [0.1, 0.15) is 5.56 Å². The highest BCUT2D eigenvalue weighted by atomic mass is 32.0. The quantitative estimate of drug-likeness (QED) is 0.572. The molecule has 0 saturated heterocycles. The molecule has 0 aromatic heterocycles. The molecule has 10 heavy (non-hydrogen) atoms. The molecule has 54 valence electrons. The molecule has 2 atom stereocenters. The summed E-state index contributed by atoms with van der Waals surface area (Å²) in [5.74, 6) is -0.104. The van der Waals surface area contributed by atoms with Crippen LogP contribution in [0.4, 0.5) is 4.39 Å². The van der Waals surface area contributed by atoms with Crippen LogP contribution in [0.25, 0.3) is 0 Å². The smallest absolute Gasteiger partial charge is 0.126 e. The maximum absolute atomic E-state index is 12.8. The molecule has 2 unspecified atom stereocenters. The molecule has 0 aliphatic carbocycles. The highest BCUT2D eigenvalue weighted by Crippen LogP contribution is 2.19. The summed E-state index contributed by atoms with van der Waals surface area (Å²) in [6, 6.07) is 5.34. The zero-order chi connectivity index (χ0) is 7.56. The Kier molecular flexibility index (Phi) is 2.77. The number of aryl methyl sites for hydroxylation is 1. The third-order valence-corrected chi connectivity index (χ3v) is 2.98. The van der Waals surface area contributed by atoms with Crippen LogP contribution in [0.2, 0.25) is 0 Å². The van der Waals surface area contributed by atoms with Gasteiger partial charge in [-0.15, -0.1) is 8.93 Å². The van der Waals surface area contributed by atoms with E-state index in [9.17, 15) is 4.39 Å². The molecule has 0 fully saturated rings. The molecule has 1 aromatic carbocycles. The van der Waals surface area contributed by atoms with Crippen molar-refractivity contribution in [3.05, 3.63) is 29.6 Å². The largest absolute Gasteiger partial charge is 0.207 e. The summed E-state index contributed by atoms with van der Waals surface area (Å²) in [5, 5.41) is 1.05. The van der Waals surface area contributed by atoms with Crippen molar-refractivity contribution in [1.82, 2.24) is 0 Å². The van der Waals surface area contributed by atoms with E-state index in [1.54, 1.807) is 13.0 Å². The van der Waals surface area contributed by atoms with Crippen molar-refractivity contribution in [2.24, 2.45) is 0 Å². The zero-order valence-corrected chi connectivity index (χ0v) is 7.84. The average molecular weight is 174 g/mol. The first-order chi connectivity index (χ1) is 4.74. The number of hydrogen-bond donors (Lipinski definition) is 0. The minimum Gasteiger partial charge on any atom is -0.207 e. The minimum absolute atomic E-state index is 0.104. The van der Waals surface area contributed by atoms with E-state index in [0.29, 0.717) is 13.8 Å². The van der Waals surface area contributed by atoms with Crippen molar-refractivity contribution in [1.29, 1.82) is 0 Å². The Balaban J connectivity index is 3.04. The Morgan fingerprint density at radius 2 is 2.20 bits per heavy atom. The van der Waals surface area contributed by atoms with Gasteiger partial charge in [-0.1, -0.05) is 20.4 Å². The van der Waals surface area contributed by atoms with Crippen molar-refractivity contribution in [2.45, 2.75) is 6.92 Å². The van der Waals surface area contributed by atoms with E-state index in [0.717, 1.165) is 5.30 Å². The van der Waals surface area contributed by atoms with Gasteiger partial charge in [0.05, 0.1) is 0 Å². The highest BCUT2D eigenvalue weighted by Gasteiger charge is 1.95. The molecule has 0 aliphatic heterocycles.